The van der Waals surface area contributed by atoms with Crippen LogP contribution in [0.15, 0.2) is 51.8 Å². The average Bonchev–Trinajstić information content (AvgIpc) is 3.57. The second kappa shape index (κ2) is 7.85. The first kappa shape index (κ1) is 21.2. The second-order valence-corrected chi connectivity index (χ2v) is 10.6. The monoisotopic (exact) mass is 479 g/mol. The van der Waals surface area contributed by atoms with Crippen LogP contribution in [0.25, 0.3) is 23.0 Å². The van der Waals surface area contributed by atoms with Gasteiger partial charge in [-0.2, -0.15) is 9.40 Å². The molecule has 4 aromatic rings. The van der Waals surface area contributed by atoms with E-state index in [0.717, 1.165) is 36.1 Å². The van der Waals surface area contributed by atoms with Crippen molar-refractivity contribution in [2.45, 2.75) is 37.1 Å². The predicted octanol–water partition coefficient (Wildman–Crippen LogP) is 3.51. The summed E-state index contributed by atoms with van der Waals surface area (Å²) in [4.78, 5) is 0.332. The first-order valence-corrected chi connectivity index (χ1v) is 12.6. The molecule has 0 bridgehead atoms. The Morgan fingerprint density at radius 2 is 1.74 bits per heavy atom. The quantitative estimate of drug-likeness (QED) is 0.445. The zero-order chi connectivity index (χ0) is 23.4. The highest BCUT2D eigenvalue weighted by atomic mass is 32.2. The molecule has 2 aromatic carbocycles. The summed E-state index contributed by atoms with van der Waals surface area (Å²) in [5.41, 5.74) is 5.12. The molecule has 1 aliphatic heterocycles. The van der Waals surface area contributed by atoms with Crippen molar-refractivity contribution in [1.82, 2.24) is 24.3 Å². The maximum atomic E-state index is 13.5. The van der Waals surface area contributed by atoms with E-state index in [1.54, 1.807) is 22.9 Å². The van der Waals surface area contributed by atoms with Gasteiger partial charge in [0.25, 0.3) is 5.89 Å². The van der Waals surface area contributed by atoms with Crippen LogP contribution in [0.4, 0.5) is 4.39 Å². The summed E-state index contributed by atoms with van der Waals surface area (Å²) in [6.07, 6.45) is 3.52. The first-order chi connectivity index (χ1) is 16.4. The van der Waals surface area contributed by atoms with Gasteiger partial charge in [-0.25, -0.2) is 12.8 Å². The molecule has 0 amide bonds. The summed E-state index contributed by atoms with van der Waals surface area (Å²) in [7, 11) is -1.84. The Kier molecular flexibility index (Phi) is 4.89. The van der Waals surface area contributed by atoms with E-state index in [4.69, 9.17) is 4.42 Å². The van der Waals surface area contributed by atoms with Gasteiger partial charge in [0.2, 0.25) is 15.9 Å². The molecule has 6 rings (SSSR count). The second-order valence-electron chi connectivity index (χ2n) is 8.69. The van der Waals surface area contributed by atoms with Crippen molar-refractivity contribution in [3.8, 4) is 23.0 Å². The van der Waals surface area contributed by atoms with E-state index in [0.29, 0.717) is 29.1 Å². The van der Waals surface area contributed by atoms with Gasteiger partial charge in [0.1, 0.15) is 5.82 Å². The molecule has 0 saturated heterocycles. The lowest BCUT2D eigenvalue weighted by Gasteiger charge is -2.27. The Morgan fingerprint density at radius 1 is 0.971 bits per heavy atom. The lowest BCUT2D eigenvalue weighted by atomic mass is 10.1. The van der Waals surface area contributed by atoms with E-state index >= 15 is 0 Å². The maximum absolute atomic E-state index is 13.5. The van der Waals surface area contributed by atoms with Gasteiger partial charge in [0.05, 0.1) is 4.90 Å². The topological polar surface area (TPSA) is 94.1 Å². The van der Waals surface area contributed by atoms with Crippen LogP contribution >= 0.6 is 0 Å². The predicted molar refractivity (Wildman–Crippen MR) is 122 cm³/mol. The molecule has 8 nitrogen and oxygen atoms in total. The Labute approximate surface area is 196 Å². The number of rotatable bonds is 4. The molecule has 2 aliphatic rings. The van der Waals surface area contributed by atoms with Crippen molar-refractivity contribution >= 4 is 10.0 Å². The van der Waals surface area contributed by atoms with Crippen LogP contribution in [-0.2, 0) is 42.9 Å². The molecular formula is C24H22FN5O3S. The standard InChI is InChI=1S/C24H22FN5O3S/c1-29-21-11-12-30(34(31,32)19-10-7-15-3-2-4-17(15)13-19)14-20(21)22(28-29)24-27-26-23(33-24)16-5-8-18(25)9-6-16/h5-10,13H,2-4,11-12,14H2,1H3. The van der Waals surface area contributed by atoms with Crippen molar-refractivity contribution in [2.75, 3.05) is 6.54 Å². The molecule has 0 unspecified atom stereocenters. The molecule has 0 N–H and O–H groups in total. The minimum Gasteiger partial charge on any atom is -0.415 e. The summed E-state index contributed by atoms with van der Waals surface area (Å²) in [6.45, 7) is 0.544. The molecule has 0 fully saturated rings. The van der Waals surface area contributed by atoms with Crippen molar-refractivity contribution in [3.63, 3.8) is 0 Å². The van der Waals surface area contributed by atoms with Gasteiger partial charge >= 0.3 is 0 Å². The van der Waals surface area contributed by atoms with E-state index in [-0.39, 0.29) is 24.1 Å². The van der Waals surface area contributed by atoms with Crippen LogP contribution in [-0.4, -0.2) is 39.2 Å². The molecule has 3 heterocycles. The molecule has 34 heavy (non-hydrogen) atoms. The third kappa shape index (κ3) is 3.45. The van der Waals surface area contributed by atoms with Crippen molar-refractivity contribution in [1.29, 1.82) is 0 Å². The Hall–Kier alpha value is -3.37. The molecule has 2 aromatic heterocycles. The third-order valence-corrected chi connectivity index (χ3v) is 8.47. The molecule has 174 valence electrons. The van der Waals surface area contributed by atoms with Crippen molar-refractivity contribution in [3.05, 3.63) is 70.7 Å². The molecular weight excluding hydrogens is 457 g/mol. The van der Waals surface area contributed by atoms with Crippen LogP contribution in [0, 0.1) is 5.82 Å². The van der Waals surface area contributed by atoms with Crippen LogP contribution in [0.3, 0.4) is 0 Å². The number of hydrogen-bond acceptors (Lipinski definition) is 6. The van der Waals surface area contributed by atoms with E-state index < -0.39 is 10.0 Å². The van der Waals surface area contributed by atoms with Gasteiger partial charge in [0, 0.05) is 43.4 Å². The maximum Gasteiger partial charge on any atom is 0.268 e. The molecule has 1 aliphatic carbocycles. The van der Waals surface area contributed by atoms with E-state index in [1.807, 2.05) is 19.2 Å². The Bertz CT molecular complexity index is 1510. The fraction of sp³-hybridized carbons (Fsp3) is 0.292. The van der Waals surface area contributed by atoms with Gasteiger partial charge in [-0.1, -0.05) is 6.07 Å². The number of nitrogens with zero attached hydrogens (tertiary/aromatic N) is 5. The SMILES string of the molecule is Cn1nc(-c2nnc(-c3ccc(F)cc3)o2)c2c1CCN(S(=O)(=O)c1ccc3c(c1)CCC3)C2. The minimum absolute atomic E-state index is 0.173. The van der Waals surface area contributed by atoms with Crippen LogP contribution in [0.2, 0.25) is 0 Å². The molecule has 0 radical (unpaired) electrons. The summed E-state index contributed by atoms with van der Waals surface area (Å²) in [5.74, 6) is 0.0905. The number of benzene rings is 2. The van der Waals surface area contributed by atoms with Gasteiger partial charge in [0.15, 0.2) is 5.69 Å². The molecule has 10 heteroatoms. The lowest BCUT2D eigenvalue weighted by molar-refractivity contribution is 0.386. The highest BCUT2D eigenvalue weighted by Gasteiger charge is 2.34. The van der Waals surface area contributed by atoms with Crippen LogP contribution in [0.1, 0.15) is 28.8 Å². The fourth-order valence-electron chi connectivity index (χ4n) is 4.83. The van der Waals surface area contributed by atoms with Gasteiger partial charge in [-0.3, -0.25) is 4.68 Å². The number of hydrogen-bond donors (Lipinski definition) is 0. The van der Waals surface area contributed by atoms with Crippen molar-refractivity contribution < 1.29 is 17.2 Å². The van der Waals surface area contributed by atoms with Gasteiger partial charge < -0.3 is 4.42 Å². The Balaban J connectivity index is 1.33. The first-order valence-electron chi connectivity index (χ1n) is 11.2. The molecule has 0 atom stereocenters. The van der Waals surface area contributed by atoms with Crippen LogP contribution < -0.4 is 0 Å². The summed E-state index contributed by atoms with van der Waals surface area (Å²) >= 11 is 0. The number of aromatic nitrogens is 4. The third-order valence-electron chi connectivity index (χ3n) is 6.63. The molecule has 0 saturated carbocycles. The van der Waals surface area contributed by atoms with E-state index in [9.17, 15) is 12.8 Å². The average molecular weight is 480 g/mol. The highest BCUT2D eigenvalue weighted by Crippen LogP contribution is 2.34. The smallest absolute Gasteiger partial charge is 0.268 e. The number of sulfonamides is 1. The Morgan fingerprint density at radius 3 is 2.56 bits per heavy atom. The highest BCUT2D eigenvalue weighted by molar-refractivity contribution is 7.89. The lowest BCUT2D eigenvalue weighted by Crippen LogP contribution is -2.36. The van der Waals surface area contributed by atoms with Crippen LogP contribution in [0.5, 0.6) is 0 Å². The normalized spacial score (nSPS) is 15.9. The largest absolute Gasteiger partial charge is 0.415 e. The van der Waals surface area contributed by atoms with E-state index in [2.05, 4.69) is 15.3 Å². The van der Waals surface area contributed by atoms with Crippen molar-refractivity contribution in [2.24, 2.45) is 7.05 Å². The van der Waals surface area contributed by atoms with Gasteiger partial charge in [-0.05, 0) is 66.8 Å². The summed E-state index contributed by atoms with van der Waals surface area (Å²) in [5, 5.41) is 12.8. The number of fused-ring (bicyclic) bond motifs is 2. The number of halogens is 1. The van der Waals surface area contributed by atoms with Gasteiger partial charge in [-0.15, -0.1) is 10.2 Å². The fourth-order valence-corrected chi connectivity index (χ4v) is 6.29. The zero-order valence-corrected chi connectivity index (χ0v) is 19.3. The summed E-state index contributed by atoms with van der Waals surface area (Å²) < 4.78 is 49.3. The number of aryl methyl sites for hydroxylation is 3. The molecule has 0 spiro atoms. The zero-order valence-electron chi connectivity index (χ0n) is 18.5. The van der Waals surface area contributed by atoms with E-state index in [1.165, 1.54) is 22.0 Å². The minimum atomic E-state index is -3.66. The summed E-state index contributed by atoms with van der Waals surface area (Å²) in [6, 6.07) is 11.2.